The third-order valence-corrected chi connectivity index (χ3v) is 11.9. The average Bonchev–Trinajstić information content (AvgIpc) is 3.95. The lowest BCUT2D eigenvalue weighted by Gasteiger charge is -2.28. The third kappa shape index (κ3) is 4.34. The number of nitrogens with zero attached hydrogens (tertiary/aromatic N) is 1. The number of para-hydroxylation sites is 1. The molecule has 1 aliphatic rings. The molecular weight excluding hydrogens is 675 g/mol. The van der Waals surface area contributed by atoms with E-state index in [4.69, 9.17) is 13.3 Å². The van der Waals surface area contributed by atoms with Crippen LogP contribution in [0.3, 0.4) is 0 Å². The van der Waals surface area contributed by atoms with Crippen LogP contribution < -0.4 is 4.90 Å². The van der Waals surface area contributed by atoms with Crippen LogP contribution in [-0.2, 0) is 5.41 Å². The summed E-state index contributed by atoms with van der Waals surface area (Å²) in [6.45, 7) is 4.66. The van der Waals surface area contributed by atoms with Crippen molar-refractivity contribution in [2.24, 2.45) is 0 Å². The van der Waals surface area contributed by atoms with E-state index in [0.29, 0.717) is 0 Å². The van der Waals surface area contributed by atoms with Gasteiger partial charge in [0.2, 0.25) is 0 Å². The molecule has 0 saturated carbocycles. The minimum atomic E-state index is -0.136. The maximum Gasteiger partial charge on any atom is 0.137 e. The normalized spacial score (nSPS) is 13.4. The third-order valence-electron chi connectivity index (χ3n) is 11.9. The Hall–Kier alpha value is -7.04. The number of anilines is 3. The van der Waals surface area contributed by atoms with E-state index in [1.807, 2.05) is 24.3 Å². The topological polar surface area (TPSA) is 42.7 Å². The number of hydrogen-bond acceptors (Lipinski definition) is 4. The average molecular weight is 708 g/mol. The highest BCUT2D eigenvalue weighted by atomic mass is 16.3. The van der Waals surface area contributed by atoms with Crippen molar-refractivity contribution >= 4 is 82.9 Å². The van der Waals surface area contributed by atoms with Crippen LogP contribution in [0.25, 0.3) is 88.1 Å². The van der Waals surface area contributed by atoms with Crippen molar-refractivity contribution in [3.8, 4) is 22.3 Å². The Morgan fingerprint density at radius 2 is 0.945 bits per heavy atom. The van der Waals surface area contributed by atoms with E-state index in [1.165, 1.54) is 22.3 Å². The summed E-state index contributed by atoms with van der Waals surface area (Å²) < 4.78 is 19.5. The van der Waals surface area contributed by atoms with Gasteiger partial charge < -0.3 is 18.2 Å². The van der Waals surface area contributed by atoms with Gasteiger partial charge in [0.1, 0.15) is 33.5 Å². The van der Waals surface area contributed by atoms with Gasteiger partial charge >= 0.3 is 0 Å². The van der Waals surface area contributed by atoms with Gasteiger partial charge in [-0.15, -0.1) is 0 Å². The zero-order valence-electron chi connectivity index (χ0n) is 30.3. The molecular formula is C51H33NO3. The van der Waals surface area contributed by atoms with Crippen LogP contribution in [0, 0.1) is 0 Å². The van der Waals surface area contributed by atoms with Crippen molar-refractivity contribution in [1.82, 2.24) is 0 Å². The Kier molecular flexibility index (Phi) is 6.09. The van der Waals surface area contributed by atoms with Crippen LogP contribution in [0.2, 0.25) is 0 Å². The lowest BCUT2D eigenvalue weighted by atomic mass is 9.82. The summed E-state index contributed by atoms with van der Waals surface area (Å²) in [6, 6.07) is 58.1. The lowest BCUT2D eigenvalue weighted by Crippen LogP contribution is -2.16. The monoisotopic (exact) mass is 707 g/mol. The van der Waals surface area contributed by atoms with Gasteiger partial charge in [-0.05, 0) is 100 Å². The Balaban J connectivity index is 1.06. The summed E-state index contributed by atoms with van der Waals surface area (Å²) in [5.74, 6) is 0. The van der Waals surface area contributed by atoms with E-state index < -0.39 is 0 Å². The number of hydrogen-bond donors (Lipinski definition) is 0. The fourth-order valence-electron chi connectivity index (χ4n) is 9.21. The van der Waals surface area contributed by atoms with E-state index >= 15 is 0 Å². The molecule has 260 valence electrons. The molecule has 11 aromatic rings. The summed E-state index contributed by atoms with van der Waals surface area (Å²) in [6.07, 6.45) is 0. The van der Waals surface area contributed by atoms with Crippen LogP contribution in [0.5, 0.6) is 0 Å². The molecule has 0 fully saturated rings. The van der Waals surface area contributed by atoms with E-state index in [0.717, 1.165) is 94.0 Å². The first-order chi connectivity index (χ1) is 27.0. The van der Waals surface area contributed by atoms with Crippen LogP contribution >= 0.6 is 0 Å². The Morgan fingerprint density at radius 1 is 0.364 bits per heavy atom. The molecule has 55 heavy (non-hydrogen) atoms. The molecule has 0 unspecified atom stereocenters. The zero-order valence-corrected chi connectivity index (χ0v) is 30.3. The van der Waals surface area contributed by atoms with E-state index in [-0.39, 0.29) is 5.41 Å². The lowest BCUT2D eigenvalue weighted by molar-refractivity contribution is 0.660. The molecule has 12 rings (SSSR count). The molecule has 8 aromatic carbocycles. The summed E-state index contributed by atoms with van der Waals surface area (Å²) in [5, 5.41) is 6.41. The van der Waals surface area contributed by atoms with Gasteiger partial charge in [0.15, 0.2) is 0 Å². The number of benzene rings is 8. The SMILES string of the molecule is CC1(C)c2ccccc2-c2ccc(N(c3ccc4c(c3)oc3cc5c(cc34)oc3cccc(-c4ccccc4)c35)c3ccc4oc5ccccc5c4c3)cc21. The van der Waals surface area contributed by atoms with Gasteiger partial charge in [0.25, 0.3) is 0 Å². The van der Waals surface area contributed by atoms with Crippen molar-refractivity contribution in [2.45, 2.75) is 19.3 Å². The van der Waals surface area contributed by atoms with E-state index in [1.54, 1.807) is 0 Å². The van der Waals surface area contributed by atoms with Gasteiger partial charge in [-0.1, -0.05) is 105 Å². The quantitative estimate of drug-likeness (QED) is 0.183. The van der Waals surface area contributed by atoms with Gasteiger partial charge in [0.05, 0.1) is 0 Å². The molecule has 0 saturated heterocycles. The van der Waals surface area contributed by atoms with Crippen molar-refractivity contribution < 1.29 is 13.3 Å². The molecule has 1 aliphatic carbocycles. The molecule has 0 radical (unpaired) electrons. The molecule has 0 atom stereocenters. The summed E-state index contributed by atoms with van der Waals surface area (Å²) in [5.41, 5.74) is 15.7. The highest BCUT2D eigenvalue weighted by Crippen LogP contribution is 2.51. The number of fused-ring (bicyclic) bond motifs is 12. The molecule has 3 heterocycles. The maximum absolute atomic E-state index is 6.77. The second-order valence-electron chi connectivity index (χ2n) is 15.3. The zero-order chi connectivity index (χ0) is 36.4. The highest BCUT2D eigenvalue weighted by Gasteiger charge is 2.36. The molecule has 0 N–H and O–H groups in total. The summed E-state index contributed by atoms with van der Waals surface area (Å²) >= 11 is 0. The van der Waals surface area contributed by atoms with Gasteiger partial charge in [0, 0.05) is 60.9 Å². The van der Waals surface area contributed by atoms with Gasteiger partial charge in [-0.25, -0.2) is 0 Å². The minimum Gasteiger partial charge on any atom is -0.456 e. The predicted molar refractivity (Wildman–Crippen MR) is 226 cm³/mol. The van der Waals surface area contributed by atoms with Crippen LogP contribution in [0.4, 0.5) is 17.1 Å². The van der Waals surface area contributed by atoms with Crippen molar-refractivity contribution in [3.05, 3.63) is 175 Å². The van der Waals surface area contributed by atoms with E-state index in [2.05, 4.69) is 158 Å². The Bertz CT molecular complexity index is 3360. The number of furan rings is 3. The van der Waals surface area contributed by atoms with Crippen molar-refractivity contribution in [1.29, 1.82) is 0 Å². The molecule has 0 amide bonds. The molecule has 0 aliphatic heterocycles. The first-order valence-electron chi connectivity index (χ1n) is 18.8. The van der Waals surface area contributed by atoms with E-state index in [9.17, 15) is 0 Å². The minimum absolute atomic E-state index is 0.136. The summed E-state index contributed by atoms with van der Waals surface area (Å²) in [4.78, 5) is 2.35. The van der Waals surface area contributed by atoms with Crippen LogP contribution in [0.1, 0.15) is 25.0 Å². The highest BCUT2D eigenvalue weighted by molar-refractivity contribution is 6.18. The Labute approximate surface area is 316 Å². The van der Waals surface area contributed by atoms with Crippen molar-refractivity contribution in [3.63, 3.8) is 0 Å². The van der Waals surface area contributed by atoms with Gasteiger partial charge in [-0.3, -0.25) is 0 Å². The van der Waals surface area contributed by atoms with Gasteiger partial charge in [-0.2, -0.15) is 0 Å². The standard InChI is InChI=1S/C51H33NO3/c1-51(2)42-16-8-6-13-35(42)36-22-19-32(26-43(36)51)52(31-21-24-45-39(25-31)37-14-7-9-17-44(37)53-45)33-20-23-38-40-28-49-41(29-48(40)55-47(38)27-33)50-34(15-10-18-46(50)54-49)30-11-4-3-5-12-30/h3-29H,1-2H3. The van der Waals surface area contributed by atoms with Crippen molar-refractivity contribution in [2.75, 3.05) is 4.90 Å². The predicted octanol–water partition coefficient (Wildman–Crippen LogP) is 14.8. The smallest absolute Gasteiger partial charge is 0.137 e. The molecule has 0 spiro atoms. The first kappa shape index (κ1) is 30.4. The number of rotatable bonds is 4. The molecule has 4 nitrogen and oxygen atoms in total. The second kappa shape index (κ2) is 11.0. The second-order valence-corrected chi connectivity index (χ2v) is 15.3. The fraction of sp³-hybridized carbons (Fsp3) is 0.0588. The first-order valence-corrected chi connectivity index (χ1v) is 18.8. The largest absolute Gasteiger partial charge is 0.456 e. The van der Waals surface area contributed by atoms with Crippen LogP contribution in [-0.4, -0.2) is 0 Å². The molecule has 0 bridgehead atoms. The van der Waals surface area contributed by atoms with Crippen LogP contribution in [0.15, 0.2) is 177 Å². The molecule has 3 aromatic heterocycles. The summed E-state index contributed by atoms with van der Waals surface area (Å²) in [7, 11) is 0. The maximum atomic E-state index is 6.77. The molecule has 4 heteroatoms. The Morgan fingerprint density at radius 3 is 1.87 bits per heavy atom. The fourth-order valence-corrected chi connectivity index (χ4v) is 9.21.